The van der Waals surface area contributed by atoms with E-state index >= 15 is 0 Å². The molecule has 2 aliphatic rings. The van der Waals surface area contributed by atoms with Crippen LogP contribution in [0, 0.1) is 5.92 Å². The van der Waals surface area contributed by atoms with Crippen molar-refractivity contribution in [3.05, 3.63) is 18.2 Å². The Morgan fingerprint density at radius 2 is 2.08 bits per heavy atom. The second-order valence-electron chi connectivity index (χ2n) is 6.67. The van der Waals surface area contributed by atoms with Gasteiger partial charge in [0.15, 0.2) is 11.5 Å². The number of rotatable bonds is 5. The normalized spacial score (nSPS) is 21.6. The molecule has 26 heavy (non-hydrogen) atoms. The lowest BCUT2D eigenvalue weighted by Gasteiger charge is -2.29. The van der Waals surface area contributed by atoms with Gasteiger partial charge in [-0.05, 0) is 37.0 Å². The molecule has 4 rings (SSSR count). The number of thioether (sulfide) groups is 1. The Labute approximate surface area is 155 Å². The summed E-state index contributed by atoms with van der Waals surface area (Å²) in [7, 11) is 0. The molecule has 0 saturated heterocycles. The van der Waals surface area contributed by atoms with Gasteiger partial charge in [-0.25, -0.2) is 0 Å². The highest BCUT2D eigenvalue weighted by Gasteiger charge is 2.23. The van der Waals surface area contributed by atoms with Crippen LogP contribution in [-0.2, 0) is 4.79 Å². The quantitative estimate of drug-likeness (QED) is 0.803. The molecule has 2 aromatic rings. The number of nitrogens with zero attached hydrogens (tertiary/aromatic N) is 2. The van der Waals surface area contributed by atoms with Crippen molar-refractivity contribution in [1.82, 2.24) is 15.5 Å². The number of carbonyl (C=O) groups excluding carboxylic acids is 1. The third-order valence-corrected chi connectivity index (χ3v) is 5.63. The van der Waals surface area contributed by atoms with E-state index in [2.05, 4.69) is 22.4 Å². The molecule has 1 aliphatic heterocycles. The number of amides is 1. The maximum atomic E-state index is 12.2. The summed E-state index contributed by atoms with van der Waals surface area (Å²) in [5, 5.41) is 11.6. The third-order valence-electron chi connectivity index (χ3n) is 4.81. The van der Waals surface area contributed by atoms with Crippen molar-refractivity contribution >= 4 is 17.7 Å². The van der Waals surface area contributed by atoms with E-state index in [1.807, 2.05) is 18.2 Å². The van der Waals surface area contributed by atoms with Crippen LogP contribution in [0.5, 0.6) is 11.5 Å². The number of hydrogen-bond donors (Lipinski definition) is 1. The SMILES string of the molecule is C[C@H]1CCCC[C@@H]1NC(=O)CSc1nnc(-c2ccc3c(c2)OCO3)o1. The first-order valence-corrected chi connectivity index (χ1v) is 9.83. The fourth-order valence-corrected chi connectivity index (χ4v) is 3.90. The first-order valence-electron chi connectivity index (χ1n) is 8.85. The second kappa shape index (κ2) is 7.57. The maximum Gasteiger partial charge on any atom is 0.277 e. The van der Waals surface area contributed by atoms with Crippen LogP contribution < -0.4 is 14.8 Å². The Kier molecular flexibility index (Phi) is 5.01. The molecule has 2 heterocycles. The zero-order valence-electron chi connectivity index (χ0n) is 14.6. The van der Waals surface area contributed by atoms with Crippen LogP contribution in [0.2, 0.25) is 0 Å². The molecule has 0 bridgehead atoms. The third kappa shape index (κ3) is 3.80. The summed E-state index contributed by atoms with van der Waals surface area (Å²) in [4.78, 5) is 12.2. The van der Waals surface area contributed by atoms with Gasteiger partial charge in [-0.15, -0.1) is 10.2 Å². The van der Waals surface area contributed by atoms with Crippen LogP contribution >= 0.6 is 11.8 Å². The van der Waals surface area contributed by atoms with Gasteiger partial charge in [0.2, 0.25) is 18.6 Å². The molecule has 2 atom stereocenters. The van der Waals surface area contributed by atoms with Crippen LogP contribution in [0.1, 0.15) is 32.6 Å². The summed E-state index contributed by atoms with van der Waals surface area (Å²) in [5.74, 6) is 2.58. The van der Waals surface area contributed by atoms with E-state index in [9.17, 15) is 4.79 Å². The summed E-state index contributed by atoms with van der Waals surface area (Å²) < 4.78 is 16.3. The van der Waals surface area contributed by atoms with E-state index in [0.29, 0.717) is 28.5 Å². The average molecular weight is 375 g/mol. The Morgan fingerprint density at radius 3 is 2.96 bits per heavy atom. The molecule has 1 aromatic carbocycles. The van der Waals surface area contributed by atoms with Crippen LogP contribution in [0.3, 0.4) is 0 Å². The largest absolute Gasteiger partial charge is 0.454 e. The molecule has 1 fully saturated rings. The van der Waals surface area contributed by atoms with Crippen molar-refractivity contribution in [1.29, 1.82) is 0 Å². The van der Waals surface area contributed by atoms with Gasteiger partial charge in [-0.2, -0.15) is 0 Å². The second-order valence-corrected chi connectivity index (χ2v) is 7.59. The predicted molar refractivity (Wildman–Crippen MR) is 96.1 cm³/mol. The van der Waals surface area contributed by atoms with E-state index in [1.165, 1.54) is 31.0 Å². The van der Waals surface area contributed by atoms with Gasteiger partial charge < -0.3 is 19.2 Å². The van der Waals surface area contributed by atoms with E-state index in [4.69, 9.17) is 13.9 Å². The molecule has 0 unspecified atom stereocenters. The Bertz CT molecular complexity index is 794. The maximum absolute atomic E-state index is 12.2. The van der Waals surface area contributed by atoms with Gasteiger partial charge in [0.05, 0.1) is 5.75 Å². The van der Waals surface area contributed by atoms with Gasteiger partial charge >= 0.3 is 0 Å². The first-order chi connectivity index (χ1) is 12.7. The van der Waals surface area contributed by atoms with E-state index in [-0.39, 0.29) is 24.5 Å². The molecule has 1 N–H and O–H groups in total. The zero-order valence-corrected chi connectivity index (χ0v) is 15.4. The lowest BCUT2D eigenvalue weighted by atomic mass is 9.86. The molecule has 1 aliphatic carbocycles. The Hall–Kier alpha value is -2.22. The van der Waals surface area contributed by atoms with Crippen molar-refractivity contribution in [3.8, 4) is 23.0 Å². The smallest absolute Gasteiger partial charge is 0.277 e. The van der Waals surface area contributed by atoms with E-state index in [1.54, 1.807) is 0 Å². The average Bonchev–Trinajstić information content (AvgIpc) is 3.30. The highest BCUT2D eigenvalue weighted by atomic mass is 32.2. The lowest BCUT2D eigenvalue weighted by Crippen LogP contribution is -2.41. The van der Waals surface area contributed by atoms with Crippen molar-refractivity contribution in [2.24, 2.45) is 5.92 Å². The van der Waals surface area contributed by atoms with Crippen molar-refractivity contribution in [2.75, 3.05) is 12.5 Å². The van der Waals surface area contributed by atoms with Crippen molar-refractivity contribution < 1.29 is 18.7 Å². The number of fused-ring (bicyclic) bond motifs is 1. The van der Waals surface area contributed by atoms with Crippen LogP contribution in [0.15, 0.2) is 27.8 Å². The number of ether oxygens (including phenoxy) is 2. The van der Waals surface area contributed by atoms with Gasteiger partial charge in [0.1, 0.15) is 0 Å². The molecule has 1 aromatic heterocycles. The minimum atomic E-state index is 0.0107. The lowest BCUT2D eigenvalue weighted by molar-refractivity contribution is -0.119. The number of aromatic nitrogens is 2. The molecule has 1 amide bonds. The first kappa shape index (κ1) is 17.2. The van der Waals surface area contributed by atoms with Crippen LogP contribution in [0.25, 0.3) is 11.5 Å². The summed E-state index contributed by atoms with van der Waals surface area (Å²) >= 11 is 1.25. The van der Waals surface area contributed by atoms with Gasteiger partial charge in [-0.3, -0.25) is 4.79 Å². The van der Waals surface area contributed by atoms with Gasteiger partial charge in [0, 0.05) is 11.6 Å². The fraction of sp³-hybridized carbons (Fsp3) is 0.500. The standard InChI is InChI=1S/C18H21N3O4S/c1-11-4-2-3-5-13(11)19-16(22)9-26-18-21-20-17(25-18)12-6-7-14-15(8-12)24-10-23-14/h6-8,11,13H,2-5,9-10H2,1H3,(H,19,22)/t11-,13-/m0/s1. The topological polar surface area (TPSA) is 86.5 Å². The predicted octanol–water partition coefficient (Wildman–Crippen LogP) is 3.25. The molecule has 0 radical (unpaired) electrons. The molecule has 1 saturated carbocycles. The summed E-state index contributed by atoms with van der Waals surface area (Å²) in [5.41, 5.74) is 0.758. The zero-order chi connectivity index (χ0) is 17.9. The number of benzene rings is 1. The molecule has 138 valence electrons. The van der Waals surface area contributed by atoms with E-state index in [0.717, 1.165) is 12.0 Å². The van der Waals surface area contributed by atoms with Crippen LogP contribution in [0.4, 0.5) is 0 Å². The fourth-order valence-electron chi connectivity index (χ4n) is 3.32. The minimum Gasteiger partial charge on any atom is -0.454 e. The molecular weight excluding hydrogens is 354 g/mol. The Balaban J connectivity index is 1.33. The monoisotopic (exact) mass is 375 g/mol. The summed E-state index contributed by atoms with van der Waals surface area (Å²) in [6.45, 7) is 2.42. The van der Waals surface area contributed by atoms with E-state index < -0.39 is 0 Å². The van der Waals surface area contributed by atoms with Gasteiger partial charge in [0.25, 0.3) is 5.22 Å². The van der Waals surface area contributed by atoms with Crippen molar-refractivity contribution in [2.45, 2.75) is 43.9 Å². The highest BCUT2D eigenvalue weighted by Crippen LogP contribution is 2.36. The number of nitrogens with one attached hydrogen (secondary N) is 1. The van der Waals surface area contributed by atoms with Gasteiger partial charge in [-0.1, -0.05) is 31.5 Å². The summed E-state index contributed by atoms with van der Waals surface area (Å²) in [6, 6.07) is 5.74. The van der Waals surface area contributed by atoms with Crippen molar-refractivity contribution in [3.63, 3.8) is 0 Å². The number of carbonyl (C=O) groups is 1. The minimum absolute atomic E-state index is 0.0107. The van der Waals surface area contributed by atoms with Crippen LogP contribution in [-0.4, -0.2) is 34.7 Å². The molecule has 0 spiro atoms. The highest BCUT2D eigenvalue weighted by molar-refractivity contribution is 7.99. The Morgan fingerprint density at radius 1 is 1.23 bits per heavy atom. The molecule has 8 heteroatoms. The molecular formula is C18H21N3O4S. The molecule has 7 nitrogen and oxygen atoms in total. The number of hydrogen-bond acceptors (Lipinski definition) is 7. The summed E-state index contributed by atoms with van der Waals surface area (Å²) in [6.07, 6.45) is 4.69.